The van der Waals surface area contributed by atoms with Crippen LogP contribution in [-0.2, 0) is 9.84 Å². The van der Waals surface area contributed by atoms with E-state index in [0.29, 0.717) is 5.69 Å². The van der Waals surface area contributed by atoms with E-state index >= 15 is 0 Å². The molecule has 2 aromatic rings. The molecule has 0 atom stereocenters. The lowest BCUT2D eigenvalue weighted by Crippen LogP contribution is -1.99. The SMILES string of the molecule is Cc1ccc(-c2ccc(S(C)(=O)=O)cc2N)cc1C. The molecule has 0 unspecified atom stereocenters. The van der Waals surface area contributed by atoms with Crippen LogP contribution in [0.1, 0.15) is 11.1 Å². The van der Waals surface area contributed by atoms with Crippen molar-refractivity contribution in [2.75, 3.05) is 12.0 Å². The highest BCUT2D eigenvalue weighted by Gasteiger charge is 2.10. The van der Waals surface area contributed by atoms with Gasteiger partial charge in [-0.3, -0.25) is 0 Å². The zero-order chi connectivity index (χ0) is 14.2. The number of nitrogen functional groups attached to an aromatic ring is 1. The van der Waals surface area contributed by atoms with Crippen molar-refractivity contribution in [3.63, 3.8) is 0 Å². The van der Waals surface area contributed by atoms with Gasteiger partial charge in [0.05, 0.1) is 4.90 Å². The molecule has 2 rings (SSSR count). The minimum atomic E-state index is -3.22. The molecule has 2 N–H and O–H groups in total. The largest absolute Gasteiger partial charge is 0.398 e. The van der Waals surface area contributed by atoms with E-state index in [2.05, 4.69) is 13.0 Å². The number of nitrogens with two attached hydrogens (primary N) is 1. The van der Waals surface area contributed by atoms with E-state index in [0.717, 1.165) is 11.1 Å². The van der Waals surface area contributed by atoms with E-state index in [4.69, 9.17) is 5.73 Å². The Balaban J connectivity index is 2.55. The lowest BCUT2D eigenvalue weighted by Gasteiger charge is -2.10. The first-order chi connectivity index (χ1) is 8.79. The zero-order valence-corrected chi connectivity index (χ0v) is 12.1. The Kier molecular flexibility index (Phi) is 3.37. The highest BCUT2D eigenvalue weighted by atomic mass is 32.2. The molecule has 0 radical (unpaired) electrons. The van der Waals surface area contributed by atoms with Crippen LogP contribution < -0.4 is 5.73 Å². The average molecular weight is 275 g/mol. The molecule has 0 aliphatic heterocycles. The monoisotopic (exact) mass is 275 g/mol. The molecule has 0 bridgehead atoms. The molecule has 3 nitrogen and oxygen atoms in total. The molecule has 0 fully saturated rings. The normalized spacial score (nSPS) is 11.5. The van der Waals surface area contributed by atoms with Gasteiger partial charge in [0.15, 0.2) is 9.84 Å². The fraction of sp³-hybridized carbons (Fsp3) is 0.200. The zero-order valence-electron chi connectivity index (χ0n) is 11.3. The van der Waals surface area contributed by atoms with Gasteiger partial charge >= 0.3 is 0 Å². The molecule has 0 heterocycles. The molecule has 0 aromatic heterocycles. The summed E-state index contributed by atoms with van der Waals surface area (Å²) in [5.41, 5.74) is 10.7. The van der Waals surface area contributed by atoms with Crippen molar-refractivity contribution in [2.24, 2.45) is 0 Å². The van der Waals surface area contributed by atoms with Crippen LogP contribution in [0.5, 0.6) is 0 Å². The maximum absolute atomic E-state index is 11.5. The number of aryl methyl sites for hydroxylation is 2. The molecule has 2 aromatic carbocycles. The molecule has 0 aliphatic rings. The highest BCUT2D eigenvalue weighted by Crippen LogP contribution is 2.29. The van der Waals surface area contributed by atoms with Gasteiger partial charge in [-0.2, -0.15) is 0 Å². The fourth-order valence-corrected chi connectivity index (χ4v) is 2.60. The first-order valence-corrected chi connectivity index (χ1v) is 7.85. The van der Waals surface area contributed by atoms with Crippen molar-refractivity contribution in [1.82, 2.24) is 0 Å². The van der Waals surface area contributed by atoms with Crippen LogP contribution in [0.3, 0.4) is 0 Å². The van der Waals surface area contributed by atoms with E-state index in [1.165, 1.54) is 23.4 Å². The summed E-state index contributed by atoms with van der Waals surface area (Å²) in [5, 5.41) is 0. The van der Waals surface area contributed by atoms with Gasteiger partial charge in [0.2, 0.25) is 0 Å². The third kappa shape index (κ3) is 2.79. The summed E-state index contributed by atoms with van der Waals surface area (Å²) >= 11 is 0. The summed E-state index contributed by atoms with van der Waals surface area (Å²) in [6.45, 7) is 4.09. The minimum absolute atomic E-state index is 0.248. The van der Waals surface area contributed by atoms with Crippen LogP contribution in [0.2, 0.25) is 0 Å². The quantitative estimate of drug-likeness (QED) is 0.857. The predicted molar refractivity (Wildman–Crippen MR) is 78.9 cm³/mol. The van der Waals surface area contributed by atoms with Gasteiger partial charge in [0, 0.05) is 17.5 Å². The molecule has 0 saturated carbocycles. The maximum Gasteiger partial charge on any atom is 0.175 e. The van der Waals surface area contributed by atoms with Gasteiger partial charge in [-0.05, 0) is 42.7 Å². The molecular formula is C15H17NO2S. The van der Waals surface area contributed by atoms with Gasteiger partial charge in [0.1, 0.15) is 0 Å². The number of benzene rings is 2. The van der Waals surface area contributed by atoms with Crippen molar-refractivity contribution >= 4 is 15.5 Å². The molecule has 0 amide bonds. The molecule has 0 saturated heterocycles. The third-order valence-corrected chi connectivity index (χ3v) is 4.38. The van der Waals surface area contributed by atoms with Gasteiger partial charge in [-0.25, -0.2) is 8.42 Å². The lowest BCUT2D eigenvalue weighted by atomic mass is 9.99. The van der Waals surface area contributed by atoms with Crippen LogP contribution in [0.25, 0.3) is 11.1 Å². The topological polar surface area (TPSA) is 60.2 Å². The Morgan fingerprint density at radius 2 is 1.63 bits per heavy atom. The van der Waals surface area contributed by atoms with Crippen molar-refractivity contribution in [3.8, 4) is 11.1 Å². The first kappa shape index (κ1) is 13.6. The third-order valence-electron chi connectivity index (χ3n) is 3.27. The molecule has 0 aliphatic carbocycles. The Bertz CT molecular complexity index is 734. The number of sulfone groups is 1. The van der Waals surface area contributed by atoms with E-state index < -0.39 is 9.84 Å². The van der Waals surface area contributed by atoms with Crippen molar-refractivity contribution in [2.45, 2.75) is 18.7 Å². The Morgan fingerprint density at radius 1 is 0.947 bits per heavy atom. The van der Waals surface area contributed by atoms with E-state index in [1.807, 2.05) is 19.1 Å². The second-order valence-corrected chi connectivity index (χ2v) is 6.84. The van der Waals surface area contributed by atoms with Gasteiger partial charge in [-0.15, -0.1) is 0 Å². The fourth-order valence-electron chi connectivity index (χ4n) is 1.94. The highest BCUT2D eigenvalue weighted by molar-refractivity contribution is 7.90. The van der Waals surface area contributed by atoms with Gasteiger partial charge in [0.25, 0.3) is 0 Å². The van der Waals surface area contributed by atoms with Crippen LogP contribution in [0, 0.1) is 13.8 Å². The summed E-state index contributed by atoms with van der Waals surface area (Å²) in [6.07, 6.45) is 1.18. The van der Waals surface area contributed by atoms with Crippen molar-refractivity contribution < 1.29 is 8.42 Å². The van der Waals surface area contributed by atoms with E-state index in [1.54, 1.807) is 12.1 Å². The Labute approximate surface area is 114 Å². The summed E-state index contributed by atoms with van der Waals surface area (Å²) < 4.78 is 23.0. The molecule has 4 heteroatoms. The van der Waals surface area contributed by atoms with Gasteiger partial charge < -0.3 is 5.73 Å². The van der Waals surface area contributed by atoms with Crippen LogP contribution in [0.4, 0.5) is 5.69 Å². The van der Waals surface area contributed by atoms with E-state index in [-0.39, 0.29) is 4.90 Å². The predicted octanol–water partition coefficient (Wildman–Crippen LogP) is 2.96. The van der Waals surface area contributed by atoms with Crippen LogP contribution in [0.15, 0.2) is 41.3 Å². The summed E-state index contributed by atoms with van der Waals surface area (Å²) in [7, 11) is -3.22. The van der Waals surface area contributed by atoms with Crippen LogP contribution in [-0.4, -0.2) is 14.7 Å². The standard InChI is InChI=1S/C15H17NO2S/c1-10-4-5-12(8-11(10)2)14-7-6-13(9-15(14)16)19(3,17)18/h4-9H,16H2,1-3H3. The first-order valence-electron chi connectivity index (χ1n) is 5.96. The summed E-state index contributed by atoms with van der Waals surface area (Å²) in [4.78, 5) is 0.248. The average Bonchev–Trinajstić information content (AvgIpc) is 2.31. The molecule has 100 valence electrons. The number of hydrogen-bond donors (Lipinski definition) is 1. The second-order valence-electron chi connectivity index (χ2n) is 4.82. The van der Waals surface area contributed by atoms with Crippen molar-refractivity contribution in [1.29, 1.82) is 0 Å². The van der Waals surface area contributed by atoms with E-state index in [9.17, 15) is 8.42 Å². The number of anilines is 1. The minimum Gasteiger partial charge on any atom is -0.398 e. The Morgan fingerprint density at radius 3 is 2.16 bits per heavy atom. The summed E-state index contributed by atoms with van der Waals surface area (Å²) in [6, 6.07) is 11.0. The summed E-state index contributed by atoms with van der Waals surface area (Å²) in [5.74, 6) is 0. The van der Waals surface area contributed by atoms with Gasteiger partial charge in [-0.1, -0.05) is 24.3 Å². The van der Waals surface area contributed by atoms with Crippen LogP contribution >= 0.6 is 0 Å². The number of rotatable bonds is 2. The molecular weight excluding hydrogens is 258 g/mol. The smallest absolute Gasteiger partial charge is 0.175 e. The lowest BCUT2D eigenvalue weighted by molar-refractivity contribution is 0.602. The second kappa shape index (κ2) is 4.70. The van der Waals surface area contributed by atoms with Crippen molar-refractivity contribution in [3.05, 3.63) is 47.5 Å². The molecule has 19 heavy (non-hydrogen) atoms. The Hall–Kier alpha value is -1.81. The number of hydrogen-bond acceptors (Lipinski definition) is 3. The maximum atomic E-state index is 11.5. The molecule has 0 spiro atoms.